The van der Waals surface area contributed by atoms with Crippen LogP contribution < -0.4 is 9.62 Å². The van der Waals surface area contributed by atoms with E-state index in [1.165, 1.54) is 41.3 Å². The van der Waals surface area contributed by atoms with Crippen molar-refractivity contribution in [2.24, 2.45) is 0 Å². The Hall–Kier alpha value is -2.49. The molecule has 0 bridgehead atoms. The first kappa shape index (κ1) is 33.0. The Morgan fingerprint density at radius 1 is 0.854 bits per heavy atom. The molecular weight excluding hydrogens is 628 g/mol. The lowest BCUT2D eigenvalue weighted by molar-refractivity contribution is -0.140. The summed E-state index contributed by atoms with van der Waals surface area (Å²) in [6, 6.07) is 15.7. The normalized spacial score (nSPS) is 12.9. The van der Waals surface area contributed by atoms with Gasteiger partial charge in [-0.1, -0.05) is 72.4 Å². The van der Waals surface area contributed by atoms with E-state index < -0.39 is 28.5 Å². The van der Waals surface area contributed by atoms with Crippen molar-refractivity contribution in [3.05, 3.63) is 92.4 Å². The molecule has 1 N–H and O–H groups in total. The van der Waals surface area contributed by atoms with Crippen LogP contribution in [0.4, 0.5) is 5.69 Å². The SMILES string of the molecule is CC[C@@H](C)NC(=O)[C@@H](CC)N(Cc1c(Cl)cccc1Cl)C(=O)CN(c1cccc(Cl)c1)S(=O)(=O)c1ccc(Cl)cc1. The largest absolute Gasteiger partial charge is 0.352 e. The van der Waals surface area contributed by atoms with Gasteiger partial charge >= 0.3 is 0 Å². The topological polar surface area (TPSA) is 86.8 Å². The van der Waals surface area contributed by atoms with E-state index in [4.69, 9.17) is 46.4 Å². The van der Waals surface area contributed by atoms with Gasteiger partial charge in [0.2, 0.25) is 11.8 Å². The van der Waals surface area contributed by atoms with Crippen LogP contribution in [-0.4, -0.2) is 43.8 Å². The molecule has 220 valence electrons. The van der Waals surface area contributed by atoms with Crippen LogP contribution >= 0.6 is 46.4 Å². The summed E-state index contributed by atoms with van der Waals surface area (Å²) in [7, 11) is -4.27. The van der Waals surface area contributed by atoms with E-state index in [1.54, 1.807) is 37.3 Å². The molecule has 0 fully saturated rings. The summed E-state index contributed by atoms with van der Waals surface area (Å²) in [4.78, 5) is 28.7. The van der Waals surface area contributed by atoms with Gasteiger partial charge in [0, 0.05) is 38.2 Å². The molecule has 0 spiro atoms. The highest BCUT2D eigenvalue weighted by Crippen LogP contribution is 2.30. The second-order valence-corrected chi connectivity index (χ2v) is 13.0. The third-order valence-corrected chi connectivity index (χ3v) is 9.54. The summed E-state index contributed by atoms with van der Waals surface area (Å²) < 4.78 is 28.7. The number of hydrogen-bond acceptors (Lipinski definition) is 4. The fourth-order valence-electron chi connectivity index (χ4n) is 4.11. The molecule has 0 aliphatic carbocycles. The molecule has 7 nitrogen and oxygen atoms in total. The van der Waals surface area contributed by atoms with Gasteiger partial charge in [-0.3, -0.25) is 13.9 Å². The van der Waals surface area contributed by atoms with Gasteiger partial charge in [-0.05, 0) is 74.4 Å². The van der Waals surface area contributed by atoms with Gasteiger partial charge in [0.15, 0.2) is 0 Å². The van der Waals surface area contributed by atoms with Crippen LogP contribution in [0.5, 0.6) is 0 Å². The first-order valence-electron chi connectivity index (χ1n) is 13.0. The van der Waals surface area contributed by atoms with Crippen molar-refractivity contribution in [3.63, 3.8) is 0 Å². The van der Waals surface area contributed by atoms with Crippen LogP contribution in [0.15, 0.2) is 71.6 Å². The summed E-state index contributed by atoms with van der Waals surface area (Å²) in [6.45, 7) is 4.83. The number of carbonyl (C=O) groups excluding carboxylic acids is 2. The van der Waals surface area contributed by atoms with Crippen molar-refractivity contribution in [2.45, 2.75) is 57.1 Å². The van der Waals surface area contributed by atoms with Gasteiger partial charge in [-0.15, -0.1) is 0 Å². The zero-order valence-corrected chi connectivity index (χ0v) is 26.6. The molecule has 3 aromatic carbocycles. The smallest absolute Gasteiger partial charge is 0.264 e. The van der Waals surface area contributed by atoms with Crippen LogP contribution in [0.3, 0.4) is 0 Å². The molecule has 0 radical (unpaired) electrons. The summed E-state index contributed by atoms with van der Waals surface area (Å²) in [5, 5.41) is 4.19. The second-order valence-electron chi connectivity index (χ2n) is 9.41. The average molecular weight is 659 g/mol. The molecule has 0 aromatic heterocycles. The molecule has 41 heavy (non-hydrogen) atoms. The highest BCUT2D eigenvalue weighted by Gasteiger charge is 2.34. The first-order chi connectivity index (χ1) is 19.4. The molecular formula is C29H31Cl4N3O4S. The molecule has 0 aliphatic heterocycles. The third-order valence-electron chi connectivity index (χ3n) is 6.55. The van der Waals surface area contributed by atoms with Gasteiger partial charge < -0.3 is 10.2 Å². The number of nitrogens with one attached hydrogen (secondary N) is 1. The summed E-state index contributed by atoms with van der Waals surface area (Å²) >= 11 is 25.1. The molecule has 0 saturated carbocycles. The number of halogens is 4. The van der Waals surface area contributed by atoms with Gasteiger partial charge in [0.25, 0.3) is 10.0 Å². The van der Waals surface area contributed by atoms with Gasteiger partial charge in [0.1, 0.15) is 12.6 Å². The third kappa shape index (κ3) is 8.30. The number of amides is 2. The molecule has 0 aliphatic rings. The van der Waals surface area contributed by atoms with E-state index in [0.717, 1.165) is 4.31 Å². The predicted octanol–water partition coefficient (Wildman–Crippen LogP) is 7.22. The number of benzene rings is 3. The lowest BCUT2D eigenvalue weighted by atomic mass is 10.1. The number of carbonyl (C=O) groups is 2. The lowest BCUT2D eigenvalue weighted by Crippen LogP contribution is -2.53. The standard InChI is InChI=1S/C29H31Cl4N3O4S/c1-4-19(3)34-29(38)27(5-2)35(17-24-25(32)10-7-11-26(24)33)28(37)18-36(22-9-6-8-21(31)16-22)41(39,40)23-14-12-20(30)13-15-23/h6-16,19,27H,4-5,17-18H2,1-3H3,(H,34,38)/t19-,27-/m1/s1. The van der Waals surface area contributed by atoms with E-state index in [1.807, 2.05) is 13.8 Å². The Bertz CT molecular complexity index is 1470. The fourth-order valence-corrected chi connectivity index (χ4v) is 6.34. The zero-order valence-electron chi connectivity index (χ0n) is 22.8. The average Bonchev–Trinajstić information content (AvgIpc) is 2.93. The van der Waals surface area contributed by atoms with Crippen LogP contribution in [0.1, 0.15) is 39.2 Å². The Morgan fingerprint density at radius 2 is 1.46 bits per heavy atom. The maximum Gasteiger partial charge on any atom is 0.264 e. The van der Waals surface area contributed by atoms with Crippen LogP contribution in [0.2, 0.25) is 20.1 Å². The molecule has 3 aromatic rings. The highest BCUT2D eigenvalue weighted by molar-refractivity contribution is 7.92. The summed E-state index contributed by atoms with van der Waals surface area (Å²) in [5.41, 5.74) is 0.613. The van der Waals surface area contributed by atoms with Crippen LogP contribution in [0.25, 0.3) is 0 Å². The van der Waals surface area contributed by atoms with Crippen LogP contribution in [0, 0.1) is 0 Å². The van der Waals surface area contributed by atoms with Crippen molar-refractivity contribution < 1.29 is 18.0 Å². The van der Waals surface area contributed by atoms with Crippen LogP contribution in [-0.2, 0) is 26.2 Å². The van der Waals surface area contributed by atoms with E-state index in [9.17, 15) is 18.0 Å². The monoisotopic (exact) mass is 657 g/mol. The van der Waals surface area contributed by atoms with Gasteiger partial charge in [-0.25, -0.2) is 8.42 Å². The molecule has 0 heterocycles. The van der Waals surface area contributed by atoms with Crippen molar-refractivity contribution in [3.8, 4) is 0 Å². The minimum absolute atomic E-state index is 0.0723. The lowest BCUT2D eigenvalue weighted by Gasteiger charge is -2.34. The highest BCUT2D eigenvalue weighted by atomic mass is 35.5. The quantitative estimate of drug-likeness (QED) is 0.223. The Labute approximate surface area is 261 Å². The summed E-state index contributed by atoms with van der Waals surface area (Å²) in [6.07, 6.45) is 0.950. The van der Waals surface area contributed by atoms with Crippen molar-refractivity contribution in [1.29, 1.82) is 0 Å². The fraction of sp³-hybridized carbons (Fsp3) is 0.310. The molecule has 12 heteroatoms. The number of sulfonamides is 1. The number of hydrogen-bond donors (Lipinski definition) is 1. The van der Waals surface area contributed by atoms with Crippen molar-refractivity contribution in [1.82, 2.24) is 10.2 Å². The minimum atomic E-state index is -4.27. The molecule has 2 amide bonds. The second kappa shape index (κ2) is 14.6. The van der Waals surface area contributed by atoms with E-state index >= 15 is 0 Å². The number of rotatable bonds is 12. The Kier molecular flexibility index (Phi) is 11.8. The van der Waals surface area contributed by atoms with Crippen molar-refractivity contribution >= 4 is 73.9 Å². The Morgan fingerprint density at radius 3 is 2.02 bits per heavy atom. The zero-order chi connectivity index (χ0) is 30.3. The summed E-state index contributed by atoms with van der Waals surface area (Å²) in [5.74, 6) is -1.00. The minimum Gasteiger partial charge on any atom is -0.352 e. The number of nitrogens with zero attached hydrogens (tertiary/aromatic N) is 2. The number of anilines is 1. The first-order valence-corrected chi connectivity index (χ1v) is 15.9. The van der Waals surface area contributed by atoms with Gasteiger partial charge in [-0.2, -0.15) is 0 Å². The predicted molar refractivity (Wildman–Crippen MR) is 166 cm³/mol. The molecule has 0 unspecified atom stereocenters. The molecule has 0 saturated heterocycles. The maximum atomic E-state index is 14.1. The maximum absolute atomic E-state index is 14.1. The van der Waals surface area contributed by atoms with E-state index in [0.29, 0.717) is 27.1 Å². The van der Waals surface area contributed by atoms with Gasteiger partial charge in [0.05, 0.1) is 10.6 Å². The Balaban J connectivity index is 2.10. The van der Waals surface area contributed by atoms with Crippen molar-refractivity contribution in [2.75, 3.05) is 10.8 Å². The molecule has 2 atom stereocenters. The molecule has 3 rings (SSSR count). The van der Waals surface area contributed by atoms with E-state index in [2.05, 4.69) is 5.32 Å². The van der Waals surface area contributed by atoms with E-state index in [-0.39, 0.29) is 40.5 Å².